The first-order valence-corrected chi connectivity index (χ1v) is 6.94. The Balaban J connectivity index is 1.87. The van der Waals surface area contributed by atoms with Gasteiger partial charge in [-0.1, -0.05) is 0 Å². The van der Waals surface area contributed by atoms with Crippen LogP contribution in [0, 0.1) is 0 Å². The summed E-state index contributed by atoms with van der Waals surface area (Å²) in [6.45, 7) is 0. The molecule has 0 radical (unpaired) electrons. The lowest BCUT2D eigenvalue weighted by atomic mass is 10.2. The second-order valence-electron chi connectivity index (χ2n) is 4.42. The number of hydrogen-bond acceptors (Lipinski definition) is 3. The molecule has 3 rings (SSSR count). The van der Waals surface area contributed by atoms with Crippen molar-refractivity contribution in [1.82, 2.24) is 9.38 Å². The molecule has 17 heavy (non-hydrogen) atoms. The van der Waals surface area contributed by atoms with E-state index in [0.717, 1.165) is 29.3 Å². The van der Waals surface area contributed by atoms with Crippen molar-refractivity contribution in [3.63, 3.8) is 0 Å². The maximum atomic E-state index is 10.7. The first-order chi connectivity index (χ1) is 8.35. The van der Waals surface area contributed by atoms with Crippen LogP contribution in [0.5, 0.6) is 0 Å². The number of hydrogen-bond donors (Lipinski definition) is 0. The number of aldehydes is 1. The molecule has 2 aromatic rings. The Hall–Kier alpha value is -1.29. The van der Waals surface area contributed by atoms with Crippen LogP contribution in [0.15, 0.2) is 24.5 Å². The van der Waals surface area contributed by atoms with Crippen LogP contribution in [0.2, 0.25) is 0 Å². The summed E-state index contributed by atoms with van der Waals surface area (Å²) in [4.78, 5) is 15.3. The predicted octanol–water partition coefficient (Wildman–Crippen LogP) is 2.58. The highest BCUT2D eigenvalue weighted by Crippen LogP contribution is 2.28. The van der Waals surface area contributed by atoms with E-state index < -0.39 is 0 Å². The van der Waals surface area contributed by atoms with E-state index in [4.69, 9.17) is 0 Å². The largest absolute Gasteiger partial charge is 0.306 e. The van der Waals surface area contributed by atoms with Crippen LogP contribution in [0.1, 0.15) is 28.9 Å². The van der Waals surface area contributed by atoms with Gasteiger partial charge >= 0.3 is 0 Å². The highest BCUT2D eigenvalue weighted by molar-refractivity contribution is 8.00. The van der Waals surface area contributed by atoms with Gasteiger partial charge in [-0.15, -0.1) is 0 Å². The molecule has 1 atom stereocenters. The van der Waals surface area contributed by atoms with Crippen LogP contribution in [-0.2, 0) is 6.42 Å². The molecule has 0 spiro atoms. The zero-order valence-corrected chi connectivity index (χ0v) is 10.3. The highest BCUT2D eigenvalue weighted by atomic mass is 32.2. The van der Waals surface area contributed by atoms with Crippen LogP contribution >= 0.6 is 11.8 Å². The number of fused-ring (bicyclic) bond motifs is 1. The van der Waals surface area contributed by atoms with Gasteiger partial charge in [-0.25, -0.2) is 4.98 Å². The van der Waals surface area contributed by atoms with Crippen molar-refractivity contribution in [2.24, 2.45) is 0 Å². The van der Waals surface area contributed by atoms with E-state index >= 15 is 0 Å². The fourth-order valence-electron chi connectivity index (χ4n) is 2.27. The maximum absolute atomic E-state index is 10.7. The van der Waals surface area contributed by atoms with Gasteiger partial charge in [-0.05, 0) is 30.7 Å². The molecular weight excluding hydrogens is 232 g/mol. The average Bonchev–Trinajstić information content (AvgIpc) is 2.96. The molecule has 0 aliphatic carbocycles. The minimum absolute atomic E-state index is 0.691. The molecule has 1 saturated heterocycles. The molecule has 3 nitrogen and oxygen atoms in total. The number of carbonyl (C=O) groups is 1. The molecule has 1 unspecified atom stereocenters. The van der Waals surface area contributed by atoms with Crippen LogP contribution in [0.3, 0.4) is 0 Å². The molecule has 0 N–H and O–H groups in total. The quantitative estimate of drug-likeness (QED) is 0.781. The van der Waals surface area contributed by atoms with Crippen LogP contribution < -0.4 is 0 Å². The summed E-state index contributed by atoms with van der Waals surface area (Å²) in [5, 5.41) is 0.727. The predicted molar refractivity (Wildman–Crippen MR) is 69.8 cm³/mol. The van der Waals surface area contributed by atoms with Gasteiger partial charge in [-0.3, -0.25) is 4.79 Å². The number of thioether (sulfide) groups is 1. The molecule has 3 heterocycles. The average molecular weight is 246 g/mol. The third kappa shape index (κ3) is 2.22. The molecule has 88 valence electrons. The van der Waals surface area contributed by atoms with E-state index in [1.165, 1.54) is 18.6 Å². The molecule has 4 heteroatoms. The first-order valence-electron chi connectivity index (χ1n) is 5.89. The lowest BCUT2D eigenvalue weighted by molar-refractivity contribution is 0.112. The lowest BCUT2D eigenvalue weighted by Crippen LogP contribution is -2.01. The molecule has 1 aliphatic rings. The number of pyridine rings is 1. The first kappa shape index (κ1) is 10.8. The minimum atomic E-state index is 0.691. The van der Waals surface area contributed by atoms with Crippen LogP contribution in [0.4, 0.5) is 0 Å². The van der Waals surface area contributed by atoms with Gasteiger partial charge in [0.15, 0.2) is 6.29 Å². The van der Waals surface area contributed by atoms with Crippen LogP contribution in [-0.4, -0.2) is 26.7 Å². The van der Waals surface area contributed by atoms with Crippen molar-refractivity contribution in [2.75, 3.05) is 5.75 Å². The zero-order chi connectivity index (χ0) is 11.7. The maximum Gasteiger partial charge on any atom is 0.151 e. The van der Waals surface area contributed by atoms with Crippen molar-refractivity contribution in [3.05, 3.63) is 35.8 Å². The molecule has 2 aromatic heterocycles. The topological polar surface area (TPSA) is 34.4 Å². The van der Waals surface area contributed by atoms with E-state index in [-0.39, 0.29) is 0 Å². The Morgan fingerprint density at radius 2 is 2.41 bits per heavy atom. The van der Waals surface area contributed by atoms with Crippen molar-refractivity contribution >= 4 is 23.7 Å². The van der Waals surface area contributed by atoms with Crippen LogP contribution in [0.25, 0.3) is 5.65 Å². The Morgan fingerprint density at radius 3 is 3.18 bits per heavy atom. The smallest absolute Gasteiger partial charge is 0.151 e. The summed E-state index contributed by atoms with van der Waals surface area (Å²) >= 11 is 2.05. The molecule has 0 saturated carbocycles. The van der Waals surface area contributed by atoms with Crippen molar-refractivity contribution in [1.29, 1.82) is 0 Å². The Morgan fingerprint density at radius 1 is 1.47 bits per heavy atom. The fraction of sp³-hybridized carbons (Fsp3) is 0.385. The van der Waals surface area contributed by atoms with Gasteiger partial charge in [-0.2, -0.15) is 11.8 Å². The van der Waals surface area contributed by atoms with Gasteiger partial charge in [0.25, 0.3) is 0 Å². The Labute approximate surface area is 104 Å². The van der Waals surface area contributed by atoms with E-state index in [2.05, 4.69) is 4.98 Å². The Kier molecular flexibility index (Phi) is 2.89. The molecular formula is C13H14N2OS. The van der Waals surface area contributed by atoms with E-state index in [1.54, 1.807) is 0 Å². The summed E-state index contributed by atoms with van der Waals surface area (Å²) < 4.78 is 1.94. The van der Waals surface area contributed by atoms with Gasteiger partial charge in [0.2, 0.25) is 0 Å². The number of aromatic nitrogens is 2. The SMILES string of the molecule is O=Cc1ccc2nc(CC3CCCS3)cn2c1. The van der Waals surface area contributed by atoms with Crippen molar-refractivity contribution in [2.45, 2.75) is 24.5 Å². The zero-order valence-electron chi connectivity index (χ0n) is 9.50. The summed E-state index contributed by atoms with van der Waals surface area (Å²) in [5.74, 6) is 1.29. The monoisotopic (exact) mass is 246 g/mol. The van der Waals surface area contributed by atoms with Gasteiger partial charge in [0.05, 0.1) is 5.69 Å². The lowest BCUT2D eigenvalue weighted by Gasteiger charge is -2.03. The Bertz CT molecular complexity index is 543. The summed E-state index contributed by atoms with van der Waals surface area (Å²) in [6.07, 6.45) is 8.42. The number of nitrogens with zero attached hydrogens (tertiary/aromatic N) is 2. The summed E-state index contributed by atoms with van der Waals surface area (Å²) in [5.41, 5.74) is 2.75. The second kappa shape index (κ2) is 4.53. The third-order valence-corrected chi connectivity index (χ3v) is 4.52. The summed E-state index contributed by atoms with van der Waals surface area (Å²) in [7, 11) is 0. The van der Waals surface area contributed by atoms with Crippen molar-refractivity contribution < 1.29 is 4.79 Å². The molecule has 1 fully saturated rings. The standard InChI is InChI=1S/C13H14N2OS/c16-9-10-3-4-13-14-11(8-15(13)7-10)6-12-2-1-5-17-12/h3-4,7-9,12H,1-2,5-6H2. The second-order valence-corrected chi connectivity index (χ2v) is 5.83. The van der Waals surface area contributed by atoms with E-state index in [0.29, 0.717) is 5.56 Å². The summed E-state index contributed by atoms with van der Waals surface area (Å²) in [6, 6.07) is 3.71. The van der Waals surface area contributed by atoms with Gasteiger partial charge < -0.3 is 4.40 Å². The highest BCUT2D eigenvalue weighted by Gasteiger charge is 2.17. The molecule has 1 aliphatic heterocycles. The van der Waals surface area contributed by atoms with E-state index in [1.807, 2.05) is 40.7 Å². The molecule has 0 aromatic carbocycles. The van der Waals surface area contributed by atoms with Crippen molar-refractivity contribution in [3.8, 4) is 0 Å². The number of carbonyl (C=O) groups excluding carboxylic acids is 1. The third-order valence-electron chi connectivity index (χ3n) is 3.12. The minimum Gasteiger partial charge on any atom is -0.306 e. The fourth-order valence-corrected chi connectivity index (χ4v) is 3.56. The molecule has 0 amide bonds. The number of rotatable bonds is 3. The van der Waals surface area contributed by atoms with Gasteiger partial charge in [0, 0.05) is 29.6 Å². The van der Waals surface area contributed by atoms with E-state index in [9.17, 15) is 4.79 Å². The molecule has 0 bridgehead atoms. The normalized spacial score (nSPS) is 19.9. The van der Waals surface area contributed by atoms with Gasteiger partial charge in [0.1, 0.15) is 5.65 Å². The number of imidazole rings is 1.